The molecule has 0 unspecified atom stereocenters. The minimum atomic E-state index is -0.371. The molecule has 2 amide bonds. The molecule has 38 heavy (non-hydrogen) atoms. The Kier molecular flexibility index (Phi) is 6.94. The van der Waals surface area contributed by atoms with E-state index < -0.39 is 0 Å². The first-order valence-corrected chi connectivity index (χ1v) is 12.5. The zero-order valence-corrected chi connectivity index (χ0v) is 21.7. The Labute approximate surface area is 220 Å². The van der Waals surface area contributed by atoms with Crippen LogP contribution in [0, 0.1) is 0 Å². The number of aromatic nitrogens is 5. The number of ether oxygens (including phenoxy) is 1. The van der Waals surface area contributed by atoms with Gasteiger partial charge in [-0.2, -0.15) is 5.10 Å². The molecule has 0 radical (unpaired) electrons. The molecule has 4 N–H and O–H groups in total. The summed E-state index contributed by atoms with van der Waals surface area (Å²) < 4.78 is 7.77. The van der Waals surface area contributed by atoms with Gasteiger partial charge in [-0.05, 0) is 70.2 Å². The molecular formula is C28H30N8O2. The SMILES string of the molecule is CC(C)Nc1cc(Oc2ccc(NC(=O)Nc3cn(C(C)C)nc3-c3ccc4nc[nH]c4c3)cc2)ccn1. The van der Waals surface area contributed by atoms with Gasteiger partial charge >= 0.3 is 6.03 Å². The van der Waals surface area contributed by atoms with Gasteiger partial charge in [-0.3, -0.25) is 4.68 Å². The van der Waals surface area contributed by atoms with Crippen molar-refractivity contribution in [3.63, 3.8) is 0 Å². The third-order valence-electron chi connectivity index (χ3n) is 5.72. The van der Waals surface area contributed by atoms with Crippen LogP contribution in [0.2, 0.25) is 0 Å². The maximum atomic E-state index is 12.9. The van der Waals surface area contributed by atoms with E-state index in [1.54, 1.807) is 42.9 Å². The molecule has 0 atom stereocenters. The number of carbonyl (C=O) groups is 1. The van der Waals surface area contributed by atoms with E-state index in [-0.39, 0.29) is 18.1 Å². The topological polar surface area (TPSA) is 122 Å². The van der Waals surface area contributed by atoms with Gasteiger partial charge in [0.15, 0.2) is 0 Å². The molecule has 0 aliphatic carbocycles. The van der Waals surface area contributed by atoms with Crippen molar-refractivity contribution in [3.05, 3.63) is 73.3 Å². The van der Waals surface area contributed by atoms with E-state index in [9.17, 15) is 4.79 Å². The lowest BCUT2D eigenvalue weighted by Crippen LogP contribution is -2.19. The molecule has 3 heterocycles. The van der Waals surface area contributed by atoms with Crippen LogP contribution in [-0.2, 0) is 0 Å². The van der Waals surface area contributed by atoms with Crippen LogP contribution in [0.4, 0.5) is 22.0 Å². The first-order chi connectivity index (χ1) is 18.3. The molecule has 194 valence electrons. The van der Waals surface area contributed by atoms with Gasteiger partial charge in [0.05, 0.1) is 23.0 Å². The van der Waals surface area contributed by atoms with Crippen molar-refractivity contribution < 1.29 is 9.53 Å². The van der Waals surface area contributed by atoms with E-state index >= 15 is 0 Å². The average Bonchev–Trinajstić information content (AvgIpc) is 3.52. The summed E-state index contributed by atoms with van der Waals surface area (Å²) in [5, 5.41) is 13.8. The summed E-state index contributed by atoms with van der Waals surface area (Å²) in [5.74, 6) is 2.06. The van der Waals surface area contributed by atoms with Gasteiger partial charge < -0.3 is 25.7 Å². The molecule has 0 aliphatic rings. The number of imidazole rings is 1. The summed E-state index contributed by atoms with van der Waals surface area (Å²) in [6.07, 6.45) is 5.19. The van der Waals surface area contributed by atoms with E-state index in [1.165, 1.54) is 0 Å². The van der Waals surface area contributed by atoms with Crippen molar-refractivity contribution in [3.8, 4) is 22.8 Å². The summed E-state index contributed by atoms with van der Waals surface area (Å²) in [6.45, 7) is 8.17. The van der Waals surface area contributed by atoms with Crippen molar-refractivity contribution in [2.24, 2.45) is 0 Å². The van der Waals surface area contributed by atoms with Crippen LogP contribution >= 0.6 is 0 Å². The predicted octanol–water partition coefficient (Wildman–Crippen LogP) is 6.66. The van der Waals surface area contributed by atoms with Gasteiger partial charge in [0, 0.05) is 41.8 Å². The monoisotopic (exact) mass is 510 g/mol. The van der Waals surface area contributed by atoms with Gasteiger partial charge in [-0.15, -0.1) is 0 Å². The first kappa shape index (κ1) is 24.8. The zero-order valence-electron chi connectivity index (χ0n) is 21.7. The fraction of sp³-hybridized carbons (Fsp3) is 0.214. The number of amides is 2. The predicted molar refractivity (Wildman–Crippen MR) is 150 cm³/mol. The molecule has 0 saturated carbocycles. The Bertz CT molecular complexity index is 1550. The molecule has 5 rings (SSSR count). The zero-order chi connectivity index (χ0) is 26.6. The normalized spacial score (nSPS) is 11.2. The fourth-order valence-corrected chi connectivity index (χ4v) is 3.92. The third kappa shape index (κ3) is 5.75. The number of aromatic amines is 1. The van der Waals surface area contributed by atoms with Gasteiger partial charge in [0.2, 0.25) is 0 Å². The number of fused-ring (bicyclic) bond motifs is 1. The quantitative estimate of drug-likeness (QED) is 0.185. The van der Waals surface area contributed by atoms with Gasteiger partial charge in [0.25, 0.3) is 0 Å². The molecule has 2 aromatic carbocycles. The number of nitrogens with one attached hydrogen (secondary N) is 4. The minimum absolute atomic E-state index is 0.133. The van der Waals surface area contributed by atoms with E-state index in [4.69, 9.17) is 9.84 Å². The highest BCUT2D eigenvalue weighted by Gasteiger charge is 2.16. The van der Waals surface area contributed by atoms with Crippen LogP contribution in [0.3, 0.4) is 0 Å². The molecule has 0 spiro atoms. The van der Waals surface area contributed by atoms with E-state index in [0.29, 0.717) is 28.6 Å². The molecule has 10 nitrogen and oxygen atoms in total. The molecule has 5 aromatic rings. The first-order valence-electron chi connectivity index (χ1n) is 12.5. The number of carbonyl (C=O) groups excluding carboxylic acids is 1. The summed E-state index contributed by atoms with van der Waals surface area (Å²) in [4.78, 5) is 24.6. The number of nitrogens with zero attached hydrogens (tertiary/aromatic N) is 4. The molecular weight excluding hydrogens is 480 g/mol. The number of hydrogen-bond donors (Lipinski definition) is 4. The van der Waals surface area contributed by atoms with Crippen LogP contribution in [0.5, 0.6) is 11.5 Å². The third-order valence-corrected chi connectivity index (χ3v) is 5.72. The lowest BCUT2D eigenvalue weighted by molar-refractivity contribution is 0.262. The Morgan fingerprint density at radius 3 is 2.53 bits per heavy atom. The van der Waals surface area contributed by atoms with Crippen molar-refractivity contribution in [2.45, 2.75) is 39.8 Å². The minimum Gasteiger partial charge on any atom is -0.457 e. The summed E-state index contributed by atoms with van der Waals surface area (Å²) in [7, 11) is 0. The highest BCUT2D eigenvalue weighted by Crippen LogP contribution is 2.30. The second-order valence-corrected chi connectivity index (χ2v) is 9.48. The van der Waals surface area contributed by atoms with Gasteiger partial charge in [-0.1, -0.05) is 6.07 Å². The lowest BCUT2D eigenvalue weighted by Gasteiger charge is -2.11. The molecule has 10 heteroatoms. The Balaban J connectivity index is 1.27. The number of pyridine rings is 1. The van der Waals surface area contributed by atoms with E-state index in [1.807, 2.05) is 62.8 Å². The number of anilines is 3. The van der Waals surface area contributed by atoms with Gasteiger partial charge in [-0.25, -0.2) is 14.8 Å². The lowest BCUT2D eigenvalue weighted by atomic mass is 10.1. The second kappa shape index (κ2) is 10.6. The molecule has 3 aromatic heterocycles. The number of rotatable bonds is 8. The highest BCUT2D eigenvalue weighted by atomic mass is 16.5. The maximum absolute atomic E-state index is 12.9. The van der Waals surface area contributed by atoms with E-state index in [0.717, 1.165) is 22.4 Å². The molecule has 0 saturated heterocycles. The summed E-state index contributed by atoms with van der Waals surface area (Å²) >= 11 is 0. The highest BCUT2D eigenvalue weighted by molar-refractivity contribution is 6.02. The van der Waals surface area contributed by atoms with Crippen LogP contribution < -0.4 is 20.7 Å². The smallest absolute Gasteiger partial charge is 0.323 e. The van der Waals surface area contributed by atoms with Gasteiger partial charge in [0.1, 0.15) is 23.0 Å². The number of urea groups is 1. The molecule has 0 bridgehead atoms. The largest absolute Gasteiger partial charge is 0.457 e. The number of H-pyrrole nitrogens is 1. The molecule has 0 aliphatic heterocycles. The Morgan fingerprint density at radius 2 is 1.76 bits per heavy atom. The summed E-state index contributed by atoms with van der Waals surface area (Å²) in [6, 6.07) is 16.7. The second-order valence-electron chi connectivity index (χ2n) is 9.48. The Morgan fingerprint density at radius 1 is 0.947 bits per heavy atom. The van der Waals surface area contributed by atoms with Crippen molar-refractivity contribution in [2.75, 3.05) is 16.0 Å². The number of hydrogen-bond acceptors (Lipinski definition) is 6. The van der Waals surface area contributed by atoms with Crippen LogP contribution in [0.25, 0.3) is 22.3 Å². The average molecular weight is 511 g/mol. The van der Waals surface area contributed by atoms with E-state index in [2.05, 4.69) is 30.9 Å². The fourth-order valence-electron chi connectivity index (χ4n) is 3.92. The van der Waals surface area contributed by atoms with Crippen molar-refractivity contribution in [1.82, 2.24) is 24.7 Å². The Hall–Kier alpha value is -4.86. The maximum Gasteiger partial charge on any atom is 0.323 e. The van der Waals surface area contributed by atoms with Crippen molar-refractivity contribution >= 4 is 34.3 Å². The van der Waals surface area contributed by atoms with Crippen LogP contribution in [0.1, 0.15) is 33.7 Å². The standard InChI is InChI=1S/C28H30N8O2/c1-17(2)32-26-14-22(11-12-29-26)38-21-8-6-20(7-9-21)33-28(37)34-25-15-36(18(3)4)35-27(25)19-5-10-23-24(13-19)31-16-30-23/h5-18H,1-4H3,(H,29,32)(H,30,31)(H2,33,34,37). The summed E-state index contributed by atoms with van der Waals surface area (Å²) in [5.41, 5.74) is 4.56. The number of benzene rings is 2. The van der Waals surface area contributed by atoms with Crippen LogP contribution in [0.15, 0.2) is 73.3 Å². The van der Waals surface area contributed by atoms with Crippen LogP contribution in [-0.4, -0.2) is 36.8 Å². The molecule has 0 fully saturated rings. The van der Waals surface area contributed by atoms with Crippen molar-refractivity contribution in [1.29, 1.82) is 0 Å².